The number of hydrogen-bond donors (Lipinski definition) is 25. The fourth-order valence-corrected chi connectivity index (χ4v) is 12.2. The lowest BCUT2D eigenvalue weighted by molar-refractivity contribution is -0.141. The van der Waals surface area contributed by atoms with Gasteiger partial charge in [-0.05, 0) is 86.1 Å². The number of aliphatic hydroxyl groups excluding tert-OH is 1. The van der Waals surface area contributed by atoms with Gasteiger partial charge in [-0.15, -0.1) is 0 Å². The van der Waals surface area contributed by atoms with Gasteiger partial charge in [0.25, 0.3) is 0 Å². The number of benzene rings is 2. The molecule has 0 aliphatic heterocycles. The SMILES string of the molecule is CC[C@H](C)[C@H](N)C(=O)N[C@H](C(=O)N[C@@H](CO)C(=O)N[C@@H](CC(=O)O)C(=O)NCC(=O)N[C@@H](CC(N)=O)C(=O)NCC(=O)N[C@@H](CCSC)C(=O)N[C@@H](CC(N)=O)C(=O)N[C@@H](C)C(=O)N[C@@H](Cc1c[nH]c2ccccc12)C(=O)N[C@H](C(=O)N[C@@H](C)C(=O)N[C@@H](Cc1c[nH]c2ccccc12)C(=O)N[C@@H](CCCNC(=N)N)C(N)=O)C(C)C)C(C)C. The van der Waals surface area contributed by atoms with Crippen LogP contribution in [0.15, 0.2) is 60.9 Å². The van der Waals surface area contributed by atoms with Crippen LogP contribution in [0, 0.1) is 23.2 Å². The highest BCUT2D eigenvalue weighted by Gasteiger charge is 2.38. The third-order valence-electron chi connectivity index (χ3n) is 18.7. The fraction of sp³-hybridized carbons (Fsp3) is 0.527. The zero-order valence-electron chi connectivity index (χ0n) is 66.9. The van der Waals surface area contributed by atoms with Crippen molar-refractivity contribution in [3.8, 4) is 0 Å². The number of carbonyl (C=O) groups excluding carboxylic acids is 17. The smallest absolute Gasteiger partial charge is 0.305 e. The highest BCUT2D eigenvalue weighted by atomic mass is 32.2. The summed E-state index contributed by atoms with van der Waals surface area (Å²) >= 11 is 1.22. The first-order valence-corrected chi connectivity index (χ1v) is 39.3. The molecule has 44 heteroatoms. The number of fused-ring (bicyclic) bond motifs is 2. The molecule has 0 spiro atoms. The Morgan fingerprint density at radius 3 is 1.28 bits per heavy atom. The summed E-state index contributed by atoms with van der Waals surface area (Å²) < 4.78 is 0. The van der Waals surface area contributed by atoms with Crippen LogP contribution in [0.5, 0.6) is 0 Å². The molecule has 0 unspecified atom stereocenters. The molecule has 2 aromatic carbocycles. The number of nitrogens with two attached hydrogens (primary N) is 5. The van der Waals surface area contributed by atoms with Crippen molar-refractivity contribution in [2.45, 2.75) is 192 Å². The van der Waals surface area contributed by atoms with E-state index in [1.54, 1.807) is 109 Å². The quantitative estimate of drug-likeness (QED) is 0.0111. The zero-order valence-corrected chi connectivity index (χ0v) is 67.8. The highest BCUT2D eigenvalue weighted by Crippen LogP contribution is 2.22. The molecule has 17 amide bonds. The molecule has 30 N–H and O–H groups in total. The first kappa shape index (κ1) is 97.9. The molecule has 0 radical (unpaired) electrons. The Labute approximate surface area is 683 Å². The molecule has 0 aliphatic rings. The van der Waals surface area contributed by atoms with E-state index in [4.69, 9.17) is 34.1 Å². The van der Waals surface area contributed by atoms with E-state index >= 15 is 0 Å². The second kappa shape index (κ2) is 48.1. The van der Waals surface area contributed by atoms with Gasteiger partial charge in [0.05, 0.1) is 45.0 Å². The molecular weight excluding hydrogens is 1560 g/mol. The van der Waals surface area contributed by atoms with E-state index in [1.165, 1.54) is 25.6 Å². The first-order chi connectivity index (χ1) is 55.6. The number of hydrogen-bond acceptors (Lipinski definition) is 22. The maximum atomic E-state index is 14.7. The van der Waals surface area contributed by atoms with Gasteiger partial charge in [-0.25, -0.2) is 0 Å². The molecule has 0 aliphatic carbocycles. The summed E-state index contributed by atoms with van der Waals surface area (Å²) in [5.74, 6) is -20.8. The number of nitrogens with one attached hydrogen (secondary N) is 18. The van der Waals surface area contributed by atoms with Crippen molar-refractivity contribution in [2.24, 2.45) is 46.4 Å². The molecule has 4 rings (SSSR count). The second-order valence-corrected chi connectivity index (χ2v) is 29.8. The summed E-state index contributed by atoms with van der Waals surface area (Å²) in [6, 6.07) is -5.54. The lowest BCUT2D eigenvalue weighted by Crippen LogP contribution is -2.61. The number of aliphatic carboxylic acids is 1. The summed E-state index contributed by atoms with van der Waals surface area (Å²) in [6.07, 6.45) is 2.35. The van der Waals surface area contributed by atoms with Gasteiger partial charge in [0, 0.05) is 53.6 Å². The lowest BCUT2D eigenvalue weighted by Gasteiger charge is -2.28. The number of aromatic amines is 2. The molecule has 118 heavy (non-hydrogen) atoms. The first-order valence-electron chi connectivity index (χ1n) is 37.9. The van der Waals surface area contributed by atoms with Gasteiger partial charge in [0.1, 0.15) is 72.5 Å². The molecule has 0 fully saturated rings. The van der Waals surface area contributed by atoms with E-state index < -0.39 is 236 Å². The van der Waals surface area contributed by atoms with Crippen LogP contribution in [0.2, 0.25) is 0 Å². The van der Waals surface area contributed by atoms with Gasteiger partial charge in [0.2, 0.25) is 100 Å². The Morgan fingerprint density at radius 1 is 0.449 bits per heavy atom. The van der Waals surface area contributed by atoms with Gasteiger partial charge >= 0.3 is 5.97 Å². The molecule has 14 atom stereocenters. The number of rotatable bonds is 51. The van der Waals surface area contributed by atoms with Crippen LogP contribution in [0.25, 0.3) is 21.8 Å². The topological polar surface area (TPSA) is 714 Å². The standard InChI is InChI=1S/C74H111N23O20S/c1-10-36(6)58(77)71(115)97-60(35(4)5)73(117)95-52(33-98)70(114)94-51(28-57(103)104)65(109)85-32-56(102)89-49(26-53(75)99)64(108)84-31-55(101)88-46(21-23-118-9)66(110)93-50(27-54(76)100)67(111)86-37(7)62(106)92-48(25-40-30-83-44-19-14-12-17-42(40)44)69(113)96-59(34(2)3)72(116)87-38(8)63(107)91-47(24-39-29-82-43-18-13-11-16-41(39)43)68(112)90-45(61(78)105)20-15-22-81-74(79)80/h11-14,16-19,29-30,34-38,45-52,58-60,82-83,98H,10,15,20-28,31-33,77H2,1-9H3,(H2,75,99)(H2,76,100)(H2,78,105)(H,84,108)(H,85,109)(H,86,111)(H,87,116)(H,88,101)(H,89,102)(H,90,112)(H,91,107)(H,92,106)(H,93,110)(H,94,114)(H,95,117)(H,96,113)(H,97,115)(H,103,104)(H4,79,80,81)/t36-,37-,38-,45-,46-,47-,48-,49-,50-,51-,52-,58-,59-,60-/m0/s1. The van der Waals surface area contributed by atoms with Crippen molar-refractivity contribution in [2.75, 3.05) is 38.2 Å². The molecule has 0 saturated heterocycles. The van der Waals surface area contributed by atoms with Gasteiger partial charge < -0.3 is 129 Å². The van der Waals surface area contributed by atoms with Crippen LogP contribution in [0.1, 0.15) is 111 Å². The number of H-pyrrole nitrogens is 2. The number of primary amides is 3. The van der Waals surface area contributed by atoms with Crippen LogP contribution in [-0.2, 0) is 99.1 Å². The minimum Gasteiger partial charge on any atom is -0.481 e. The van der Waals surface area contributed by atoms with Crippen LogP contribution >= 0.6 is 11.8 Å². The Kier molecular flexibility index (Phi) is 39.9. The van der Waals surface area contributed by atoms with E-state index in [2.05, 4.69) is 89.7 Å². The zero-order chi connectivity index (χ0) is 88.4. The van der Waals surface area contributed by atoms with E-state index in [9.17, 15) is 96.5 Å². The van der Waals surface area contributed by atoms with Crippen molar-refractivity contribution < 1.29 is 96.5 Å². The largest absolute Gasteiger partial charge is 0.481 e. The number of guanidine groups is 1. The molecule has 2 heterocycles. The number of amides is 17. The Balaban J connectivity index is 1.45. The van der Waals surface area contributed by atoms with Crippen molar-refractivity contribution in [1.82, 2.24) is 89.7 Å². The van der Waals surface area contributed by atoms with Gasteiger partial charge in [-0.2, -0.15) is 11.8 Å². The van der Waals surface area contributed by atoms with Crippen LogP contribution < -0.4 is 108 Å². The number of aliphatic hydroxyl groups is 1. The normalized spacial score (nSPS) is 14.7. The van der Waals surface area contributed by atoms with E-state index in [0.717, 1.165) is 10.9 Å². The molecule has 648 valence electrons. The number of carboxylic acid groups (broad SMARTS) is 1. The van der Waals surface area contributed by atoms with Gasteiger partial charge in [-0.1, -0.05) is 84.4 Å². The van der Waals surface area contributed by atoms with E-state index in [1.807, 2.05) is 0 Å². The third-order valence-corrected chi connectivity index (χ3v) is 19.3. The maximum absolute atomic E-state index is 14.7. The second-order valence-electron chi connectivity index (χ2n) is 28.8. The average Bonchev–Trinajstić information content (AvgIpc) is 1.71. The van der Waals surface area contributed by atoms with Gasteiger partial charge in [-0.3, -0.25) is 91.7 Å². The number of carboxylic acids is 1. The molecule has 43 nitrogen and oxygen atoms in total. The third kappa shape index (κ3) is 32.0. The number of carbonyl (C=O) groups is 18. The minimum atomic E-state index is -1.96. The summed E-state index contributed by atoms with van der Waals surface area (Å²) in [5, 5.41) is 64.4. The predicted octanol–water partition coefficient (Wildman–Crippen LogP) is -7.07. The number of thioether (sulfide) groups is 1. The summed E-state index contributed by atoms with van der Waals surface area (Å²) in [5.41, 5.74) is 30.4. The highest BCUT2D eigenvalue weighted by molar-refractivity contribution is 7.98. The summed E-state index contributed by atoms with van der Waals surface area (Å²) in [6.45, 7) is 9.49. The average molecular weight is 1670 g/mol. The lowest BCUT2D eigenvalue weighted by atomic mass is 9.97. The molecule has 2 aromatic heterocycles. The van der Waals surface area contributed by atoms with Crippen molar-refractivity contribution in [3.05, 3.63) is 72.1 Å². The fourth-order valence-electron chi connectivity index (χ4n) is 11.8. The van der Waals surface area contributed by atoms with Crippen LogP contribution in [0.3, 0.4) is 0 Å². The van der Waals surface area contributed by atoms with Crippen molar-refractivity contribution in [3.63, 3.8) is 0 Å². The molecular formula is C74H111N23O20S. The Bertz CT molecular complexity index is 4270. The maximum Gasteiger partial charge on any atom is 0.305 e. The van der Waals surface area contributed by atoms with Crippen molar-refractivity contribution in [1.29, 1.82) is 5.41 Å². The van der Waals surface area contributed by atoms with Crippen LogP contribution in [0.4, 0.5) is 0 Å². The number of aromatic nitrogens is 2. The summed E-state index contributed by atoms with van der Waals surface area (Å²) in [7, 11) is 0. The minimum absolute atomic E-state index is 0.0398. The van der Waals surface area contributed by atoms with Gasteiger partial charge in [0.15, 0.2) is 5.96 Å². The van der Waals surface area contributed by atoms with Crippen LogP contribution in [-0.4, -0.2) is 249 Å². The molecule has 0 saturated carbocycles. The number of para-hydroxylation sites is 2. The molecule has 0 bridgehead atoms. The van der Waals surface area contributed by atoms with Crippen molar-refractivity contribution >= 4 is 146 Å². The van der Waals surface area contributed by atoms with E-state index in [0.29, 0.717) is 28.5 Å². The Hall–Kier alpha value is -12.5. The monoisotopic (exact) mass is 1670 g/mol. The van der Waals surface area contributed by atoms with E-state index in [-0.39, 0.29) is 56.3 Å². The summed E-state index contributed by atoms with van der Waals surface area (Å²) in [4.78, 5) is 248. The Morgan fingerprint density at radius 2 is 0.839 bits per heavy atom. The predicted molar refractivity (Wildman–Crippen MR) is 430 cm³/mol. The molecule has 4 aromatic rings.